The summed E-state index contributed by atoms with van der Waals surface area (Å²) < 4.78 is 0. The van der Waals surface area contributed by atoms with Crippen LogP contribution in [-0.2, 0) is 10.2 Å². The molecule has 0 bridgehead atoms. The number of hydrogen-bond acceptors (Lipinski definition) is 3. The third-order valence-corrected chi connectivity index (χ3v) is 6.91. The second kappa shape index (κ2) is 12.0. The van der Waals surface area contributed by atoms with Crippen molar-refractivity contribution in [3.05, 3.63) is 71.8 Å². The van der Waals surface area contributed by atoms with E-state index in [1.54, 1.807) is 0 Å². The number of primary amides is 1. The third kappa shape index (κ3) is 5.75. The van der Waals surface area contributed by atoms with E-state index in [4.69, 9.17) is 5.73 Å². The first-order valence-electron chi connectivity index (χ1n) is 12.0. The van der Waals surface area contributed by atoms with E-state index in [2.05, 4.69) is 34.9 Å². The fraction of sp³-hybridized carbons (Fsp3) is 0.519. The van der Waals surface area contributed by atoms with Gasteiger partial charge in [-0.1, -0.05) is 92.8 Å². The number of rotatable bonds is 13. The Morgan fingerprint density at radius 2 is 1.48 bits per heavy atom. The van der Waals surface area contributed by atoms with Gasteiger partial charge in [-0.05, 0) is 56.4 Å². The summed E-state index contributed by atoms with van der Waals surface area (Å²) in [6, 6.07) is 20.7. The lowest BCUT2D eigenvalue weighted by molar-refractivity contribution is -0.123. The fourth-order valence-electron chi connectivity index (χ4n) is 5.29. The summed E-state index contributed by atoms with van der Waals surface area (Å²) >= 11 is 0. The largest absolute Gasteiger partial charge is 0.369 e. The quantitative estimate of drug-likeness (QED) is 0.420. The lowest BCUT2D eigenvalue weighted by Crippen LogP contribution is -2.49. The van der Waals surface area contributed by atoms with Crippen LogP contribution in [0, 0.1) is 5.92 Å². The van der Waals surface area contributed by atoms with Gasteiger partial charge in [-0.3, -0.25) is 4.79 Å². The molecule has 0 spiro atoms. The smallest absolute Gasteiger partial charge is 0.232 e. The Hall–Kier alpha value is -2.17. The number of carbonyl (C=O) groups is 1. The molecule has 4 nitrogen and oxygen atoms in total. The Morgan fingerprint density at radius 3 is 2.03 bits per heavy atom. The Labute approximate surface area is 188 Å². The van der Waals surface area contributed by atoms with Gasteiger partial charge in [-0.15, -0.1) is 0 Å². The van der Waals surface area contributed by atoms with Gasteiger partial charge < -0.3 is 16.4 Å². The second-order valence-electron chi connectivity index (χ2n) is 8.96. The van der Waals surface area contributed by atoms with Gasteiger partial charge in [-0.25, -0.2) is 0 Å². The summed E-state index contributed by atoms with van der Waals surface area (Å²) in [6.07, 6.45) is 9.93. The molecule has 2 unspecified atom stereocenters. The molecule has 1 heterocycles. The van der Waals surface area contributed by atoms with Gasteiger partial charge in [-0.2, -0.15) is 0 Å². The molecule has 4 heteroatoms. The minimum Gasteiger partial charge on any atom is -0.369 e. The van der Waals surface area contributed by atoms with Gasteiger partial charge in [0.1, 0.15) is 5.41 Å². The standard InChI is InChI=1S/C27H39N3O/c1-29-19-13-5-3-2-4-12-18-25-20-24(21-30-25)27(26(28)31,22-14-8-6-9-15-22)23-16-10-7-11-17-23/h6-11,14-17,24-25,29-30H,2-5,12-13,18-21H2,1H3,(H2,28,31). The van der Waals surface area contributed by atoms with Gasteiger partial charge in [0.05, 0.1) is 0 Å². The molecule has 1 aliphatic rings. The normalized spacial score (nSPS) is 18.9. The molecule has 0 aromatic heterocycles. The molecule has 31 heavy (non-hydrogen) atoms. The van der Waals surface area contributed by atoms with Crippen LogP contribution >= 0.6 is 0 Å². The first-order chi connectivity index (χ1) is 15.2. The predicted molar refractivity (Wildman–Crippen MR) is 129 cm³/mol. The molecule has 2 aromatic carbocycles. The minimum absolute atomic E-state index is 0.154. The summed E-state index contributed by atoms with van der Waals surface area (Å²) in [5, 5.41) is 6.92. The van der Waals surface area contributed by atoms with Crippen LogP contribution in [0.4, 0.5) is 0 Å². The molecule has 2 atom stereocenters. The van der Waals surface area contributed by atoms with Crippen LogP contribution in [0.5, 0.6) is 0 Å². The average molecular weight is 422 g/mol. The molecule has 0 radical (unpaired) electrons. The molecule has 0 aliphatic carbocycles. The average Bonchev–Trinajstić information content (AvgIpc) is 3.26. The molecular weight excluding hydrogens is 382 g/mol. The molecule has 4 N–H and O–H groups in total. The molecule has 0 saturated carbocycles. The Kier molecular flexibility index (Phi) is 9.11. The van der Waals surface area contributed by atoms with Crippen molar-refractivity contribution in [3.63, 3.8) is 0 Å². The van der Waals surface area contributed by atoms with E-state index in [0.29, 0.717) is 6.04 Å². The highest BCUT2D eigenvalue weighted by Crippen LogP contribution is 2.43. The van der Waals surface area contributed by atoms with E-state index in [0.717, 1.165) is 30.6 Å². The van der Waals surface area contributed by atoms with Crippen molar-refractivity contribution < 1.29 is 4.79 Å². The summed E-state index contributed by atoms with van der Waals surface area (Å²) in [5.41, 5.74) is 7.39. The zero-order valence-corrected chi connectivity index (χ0v) is 19.0. The summed E-state index contributed by atoms with van der Waals surface area (Å²) in [7, 11) is 2.02. The Bertz CT molecular complexity index is 738. The minimum atomic E-state index is -0.794. The lowest BCUT2D eigenvalue weighted by Gasteiger charge is -2.37. The molecular formula is C27H39N3O. The predicted octanol–water partition coefficient (Wildman–Crippen LogP) is 4.39. The van der Waals surface area contributed by atoms with Gasteiger partial charge >= 0.3 is 0 Å². The maximum atomic E-state index is 13.1. The van der Waals surface area contributed by atoms with Crippen LogP contribution in [0.2, 0.25) is 0 Å². The van der Waals surface area contributed by atoms with Gasteiger partial charge in [0, 0.05) is 6.04 Å². The molecule has 1 fully saturated rings. The molecule has 1 amide bonds. The van der Waals surface area contributed by atoms with E-state index in [-0.39, 0.29) is 11.8 Å². The first kappa shape index (κ1) is 23.5. The van der Waals surface area contributed by atoms with E-state index in [1.165, 1.54) is 44.9 Å². The maximum absolute atomic E-state index is 13.1. The molecule has 1 aliphatic heterocycles. The molecule has 2 aromatic rings. The van der Waals surface area contributed by atoms with Crippen LogP contribution < -0.4 is 16.4 Å². The highest BCUT2D eigenvalue weighted by molar-refractivity contribution is 5.91. The summed E-state index contributed by atoms with van der Waals surface area (Å²) in [4.78, 5) is 13.1. The Balaban J connectivity index is 1.65. The summed E-state index contributed by atoms with van der Waals surface area (Å²) in [6.45, 7) is 1.94. The number of hydrogen-bond donors (Lipinski definition) is 3. The van der Waals surface area contributed by atoms with Crippen molar-refractivity contribution in [2.24, 2.45) is 11.7 Å². The van der Waals surface area contributed by atoms with Crippen LogP contribution in [0.25, 0.3) is 0 Å². The van der Waals surface area contributed by atoms with E-state index in [9.17, 15) is 4.79 Å². The molecule has 168 valence electrons. The SMILES string of the molecule is CNCCCCCCCCC1CC(C(C(N)=O)(c2ccccc2)c2ccccc2)CN1. The number of unbranched alkanes of at least 4 members (excludes halogenated alkanes) is 5. The number of benzene rings is 2. The van der Waals surface area contributed by atoms with Crippen molar-refractivity contribution in [1.29, 1.82) is 0 Å². The number of nitrogens with one attached hydrogen (secondary N) is 2. The molecule has 3 rings (SSSR count). The maximum Gasteiger partial charge on any atom is 0.232 e. The van der Waals surface area contributed by atoms with E-state index in [1.807, 2.05) is 43.4 Å². The van der Waals surface area contributed by atoms with Crippen molar-refractivity contribution in [2.45, 2.75) is 62.8 Å². The Morgan fingerprint density at radius 1 is 0.935 bits per heavy atom. The van der Waals surface area contributed by atoms with Crippen molar-refractivity contribution in [1.82, 2.24) is 10.6 Å². The number of amides is 1. The van der Waals surface area contributed by atoms with Crippen molar-refractivity contribution in [2.75, 3.05) is 20.1 Å². The van der Waals surface area contributed by atoms with Crippen molar-refractivity contribution >= 4 is 5.91 Å². The highest BCUT2D eigenvalue weighted by Gasteiger charge is 2.49. The van der Waals surface area contributed by atoms with Gasteiger partial charge in [0.15, 0.2) is 0 Å². The van der Waals surface area contributed by atoms with E-state index < -0.39 is 5.41 Å². The first-order valence-corrected chi connectivity index (χ1v) is 12.0. The number of carbonyl (C=O) groups excluding carboxylic acids is 1. The van der Waals surface area contributed by atoms with Crippen LogP contribution in [0.3, 0.4) is 0 Å². The van der Waals surface area contributed by atoms with Crippen molar-refractivity contribution in [3.8, 4) is 0 Å². The van der Waals surface area contributed by atoms with Crippen LogP contribution in [0.1, 0.15) is 62.5 Å². The zero-order valence-electron chi connectivity index (χ0n) is 19.0. The third-order valence-electron chi connectivity index (χ3n) is 6.91. The topological polar surface area (TPSA) is 67.1 Å². The fourth-order valence-corrected chi connectivity index (χ4v) is 5.29. The molecule has 1 saturated heterocycles. The highest BCUT2D eigenvalue weighted by atomic mass is 16.1. The number of nitrogens with two attached hydrogens (primary N) is 1. The second-order valence-corrected chi connectivity index (χ2v) is 8.96. The van der Waals surface area contributed by atoms with E-state index >= 15 is 0 Å². The van der Waals surface area contributed by atoms with Crippen LogP contribution in [0.15, 0.2) is 60.7 Å². The van der Waals surface area contributed by atoms with Gasteiger partial charge in [0.25, 0.3) is 0 Å². The zero-order chi connectivity index (χ0) is 21.9. The lowest BCUT2D eigenvalue weighted by atomic mass is 9.64. The van der Waals surface area contributed by atoms with Gasteiger partial charge in [0.2, 0.25) is 5.91 Å². The monoisotopic (exact) mass is 421 g/mol. The summed E-state index contributed by atoms with van der Waals surface area (Å²) in [5.74, 6) is -0.0970. The van der Waals surface area contributed by atoms with Crippen LogP contribution in [-0.4, -0.2) is 32.1 Å².